The van der Waals surface area contributed by atoms with Crippen molar-refractivity contribution in [3.8, 4) is 0 Å². The fourth-order valence-corrected chi connectivity index (χ4v) is 5.91. The molecule has 0 aromatic carbocycles. The summed E-state index contributed by atoms with van der Waals surface area (Å²) in [6.07, 6.45) is 4.65. The third-order valence-corrected chi connectivity index (χ3v) is 7.80. The third-order valence-electron chi connectivity index (χ3n) is 7.31. The van der Waals surface area contributed by atoms with Crippen LogP contribution in [0.2, 0.25) is 0 Å². The number of carbonyl (C=O) groups is 2. The first kappa shape index (κ1) is 21.3. The second kappa shape index (κ2) is 8.31. The molecule has 5 atom stereocenters. The number of hydrogen-bond donors (Lipinski definition) is 3. The van der Waals surface area contributed by atoms with Crippen LogP contribution in [0.25, 0.3) is 0 Å². The molecule has 164 valence electrons. The Labute approximate surface area is 177 Å². The van der Waals surface area contributed by atoms with Gasteiger partial charge in [-0.1, -0.05) is 13.3 Å². The van der Waals surface area contributed by atoms with E-state index in [1.807, 2.05) is 0 Å². The normalized spacial score (nSPS) is 43.6. The summed E-state index contributed by atoms with van der Waals surface area (Å²) >= 11 is 5.88. The van der Waals surface area contributed by atoms with E-state index < -0.39 is 11.5 Å². The monoisotopic (exact) mass is 429 g/mol. The lowest BCUT2D eigenvalue weighted by Crippen LogP contribution is -2.84. The second-order valence-corrected chi connectivity index (χ2v) is 10.3. The molecule has 8 heteroatoms. The zero-order valence-electron chi connectivity index (χ0n) is 17.1. The lowest BCUT2D eigenvalue weighted by molar-refractivity contribution is -0.155. The molecular weight excluding hydrogens is 397 g/mol. The Balaban J connectivity index is 1.15. The maximum Gasteiger partial charge on any atom is 0.246 e. The van der Waals surface area contributed by atoms with E-state index in [9.17, 15) is 14.0 Å². The molecule has 1 heterocycles. The molecule has 0 radical (unpaired) electrons. The summed E-state index contributed by atoms with van der Waals surface area (Å²) in [4.78, 5) is 24.9. The molecule has 1 aliphatic heterocycles. The van der Waals surface area contributed by atoms with Crippen LogP contribution in [0.1, 0.15) is 58.3 Å². The summed E-state index contributed by atoms with van der Waals surface area (Å²) in [6.45, 7) is 3.88. The number of hydrogen-bond acceptors (Lipinski definition) is 4. The van der Waals surface area contributed by atoms with Crippen LogP contribution in [0.4, 0.5) is 4.39 Å². The van der Waals surface area contributed by atoms with E-state index in [1.54, 1.807) is 0 Å². The van der Waals surface area contributed by atoms with Gasteiger partial charge in [-0.2, -0.15) is 0 Å². The van der Waals surface area contributed by atoms with Crippen molar-refractivity contribution >= 4 is 23.4 Å². The Morgan fingerprint density at radius 1 is 1.14 bits per heavy atom. The maximum atomic E-state index is 13.7. The lowest BCUT2D eigenvalue weighted by Gasteiger charge is -2.70. The van der Waals surface area contributed by atoms with Crippen LogP contribution >= 0.6 is 11.6 Å². The number of nitrogens with one attached hydrogen (secondary N) is 3. The van der Waals surface area contributed by atoms with Crippen molar-refractivity contribution in [2.45, 2.75) is 87.0 Å². The van der Waals surface area contributed by atoms with Gasteiger partial charge in [-0.05, 0) is 51.0 Å². The van der Waals surface area contributed by atoms with Gasteiger partial charge in [0.15, 0.2) is 0 Å². The summed E-state index contributed by atoms with van der Waals surface area (Å²) in [5.74, 6) is 0.610. The number of alkyl halides is 2. The molecule has 4 aliphatic carbocycles. The minimum Gasteiger partial charge on any atom is -0.368 e. The summed E-state index contributed by atoms with van der Waals surface area (Å²) in [7, 11) is 0. The highest BCUT2D eigenvalue weighted by Crippen LogP contribution is 2.60. The Hall–Kier alpha value is -0.920. The molecule has 4 saturated carbocycles. The van der Waals surface area contributed by atoms with Crippen molar-refractivity contribution < 1.29 is 18.7 Å². The standard InChI is InChI=1S/C21H33ClFN3O3/c1-2-13-5-14(8-24-7-13)19(28)26-21-10-20(11-21,12-21)25-18(27)9-29-15-3-4-16(22)17(23)6-15/h13-17,24H,2-12H2,1H3,(H,25,27)(H,26,28). The fourth-order valence-electron chi connectivity index (χ4n) is 5.68. The number of carbonyl (C=O) groups excluding carboxylic acids is 2. The lowest BCUT2D eigenvalue weighted by atomic mass is 9.44. The number of ether oxygens (including phenoxy) is 1. The SMILES string of the molecule is CCC1CNCC(C(=O)NC23CC(NC(=O)COC4CCC(Cl)C(F)C4)(C2)C3)C1. The van der Waals surface area contributed by atoms with E-state index in [4.69, 9.17) is 16.3 Å². The van der Waals surface area contributed by atoms with Gasteiger partial charge in [-0.3, -0.25) is 9.59 Å². The van der Waals surface area contributed by atoms with Crippen molar-refractivity contribution in [3.05, 3.63) is 0 Å². The van der Waals surface area contributed by atoms with Gasteiger partial charge in [0.1, 0.15) is 12.8 Å². The Morgan fingerprint density at radius 2 is 1.86 bits per heavy atom. The van der Waals surface area contributed by atoms with E-state index >= 15 is 0 Å². The van der Waals surface area contributed by atoms with Crippen LogP contribution in [0.15, 0.2) is 0 Å². The molecule has 29 heavy (non-hydrogen) atoms. The number of rotatable bonds is 7. The highest BCUT2D eigenvalue weighted by molar-refractivity contribution is 6.21. The topological polar surface area (TPSA) is 79.5 Å². The Morgan fingerprint density at radius 3 is 2.55 bits per heavy atom. The molecule has 5 rings (SSSR count). The number of halogens is 2. The molecule has 1 saturated heterocycles. The van der Waals surface area contributed by atoms with E-state index in [1.165, 1.54) is 0 Å². The molecule has 0 aromatic rings. The molecule has 0 spiro atoms. The van der Waals surface area contributed by atoms with Crippen molar-refractivity contribution in [1.82, 2.24) is 16.0 Å². The first-order valence-electron chi connectivity index (χ1n) is 11.1. The van der Waals surface area contributed by atoms with Gasteiger partial charge in [0.05, 0.1) is 17.4 Å². The zero-order chi connectivity index (χ0) is 20.6. The summed E-state index contributed by atoms with van der Waals surface area (Å²) in [6, 6.07) is 0. The van der Waals surface area contributed by atoms with Gasteiger partial charge in [-0.25, -0.2) is 4.39 Å². The minimum absolute atomic E-state index is 0.0440. The average molecular weight is 430 g/mol. The van der Waals surface area contributed by atoms with Gasteiger partial charge in [0.25, 0.3) is 0 Å². The van der Waals surface area contributed by atoms with Gasteiger partial charge in [-0.15, -0.1) is 11.6 Å². The van der Waals surface area contributed by atoms with Gasteiger partial charge in [0.2, 0.25) is 11.8 Å². The quantitative estimate of drug-likeness (QED) is 0.541. The fraction of sp³-hybridized carbons (Fsp3) is 0.905. The summed E-state index contributed by atoms with van der Waals surface area (Å²) < 4.78 is 19.3. The Bertz CT molecular complexity index is 629. The van der Waals surface area contributed by atoms with Crippen molar-refractivity contribution in [2.75, 3.05) is 19.7 Å². The molecular formula is C21H33ClFN3O3. The van der Waals surface area contributed by atoms with Crippen LogP contribution in [0, 0.1) is 11.8 Å². The van der Waals surface area contributed by atoms with Gasteiger partial charge in [0, 0.05) is 24.0 Å². The average Bonchev–Trinajstić information content (AvgIpc) is 2.66. The molecule has 3 N–H and O–H groups in total. The van der Waals surface area contributed by atoms with Crippen LogP contribution in [-0.4, -0.2) is 60.2 Å². The van der Waals surface area contributed by atoms with Crippen LogP contribution in [0.3, 0.4) is 0 Å². The molecule has 5 unspecified atom stereocenters. The highest BCUT2D eigenvalue weighted by atomic mass is 35.5. The summed E-state index contributed by atoms with van der Waals surface area (Å²) in [5, 5.41) is 9.24. The second-order valence-electron chi connectivity index (χ2n) is 9.77. The zero-order valence-corrected chi connectivity index (χ0v) is 17.9. The van der Waals surface area contributed by atoms with Crippen LogP contribution in [0.5, 0.6) is 0 Å². The van der Waals surface area contributed by atoms with E-state index in [2.05, 4.69) is 22.9 Å². The van der Waals surface area contributed by atoms with E-state index in [0.717, 1.165) is 45.2 Å². The molecule has 6 nitrogen and oxygen atoms in total. The van der Waals surface area contributed by atoms with Gasteiger partial charge >= 0.3 is 0 Å². The number of amides is 2. The molecule has 0 aromatic heterocycles. The van der Waals surface area contributed by atoms with Gasteiger partial charge < -0.3 is 20.7 Å². The molecule has 5 fully saturated rings. The van der Waals surface area contributed by atoms with Crippen molar-refractivity contribution in [3.63, 3.8) is 0 Å². The van der Waals surface area contributed by atoms with E-state index in [0.29, 0.717) is 18.8 Å². The highest BCUT2D eigenvalue weighted by Gasteiger charge is 2.69. The molecule has 2 amide bonds. The van der Waals surface area contributed by atoms with Crippen molar-refractivity contribution in [2.24, 2.45) is 11.8 Å². The largest absolute Gasteiger partial charge is 0.368 e. The first-order valence-corrected chi connectivity index (χ1v) is 11.5. The van der Waals surface area contributed by atoms with Crippen LogP contribution < -0.4 is 16.0 Å². The predicted molar refractivity (Wildman–Crippen MR) is 108 cm³/mol. The first-order chi connectivity index (χ1) is 13.8. The van der Waals surface area contributed by atoms with Crippen LogP contribution in [-0.2, 0) is 14.3 Å². The third kappa shape index (κ3) is 4.57. The molecule has 2 bridgehead atoms. The smallest absolute Gasteiger partial charge is 0.246 e. The Kier molecular flexibility index (Phi) is 6.11. The number of piperidine rings is 1. The van der Waals surface area contributed by atoms with E-state index in [-0.39, 0.29) is 47.9 Å². The van der Waals surface area contributed by atoms with Crippen molar-refractivity contribution in [1.29, 1.82) is 0 Å². The minimum atomic E-state index is -1.06. The predicted octanol–water partition coefficient (Wildman–Crippen LogP) is 2.04. The molecule has 5 aliphatic rings. The maximum absolute atomic E-state index is 13.7. The summed E-state index contributed by atoms with van der Waals surface area (Å²) in [5.41, 5.74) is -0.328.